The van der Waals surface area contributed by atoms with Crippen LogP contribution < -0.4 is 0 Å². The molecule has 0 aromatic rings. The zero-order valence-electron chi connectivity index (χ0n) is 18.4. The maximum atomic E-state index is 9.76. The molecule has 0 spiro atoms. The molecule has 0 saturated carbocycles. The molecule has 0 aliphatic carbocycles. The first-order chi connectivity index (χ1) is 13.1. The topological polar surface area (TPSA) is 149 Å². The zero-order valence-corrected chi connectivity index (χ0v) is 20.9. The first-order valence-electron chi connectivity index (χ1n) is 9.95. The van der Waals surface area contributed by atoms with Gasteiger partial charge in [-0.15, -0.1) is 0 Å². The number of carboxylic acids is 4. The minimum atomic E-state index is -0.693. The Bertz CT molecular complexity index is 315. The van der Waals surface area contributed by atoms with Crippen molar-refractivity contribution in [2.45, 2.75) is 105 Å². The monoisotopic (exact) mass is 498 g/mol. The van der Waals surface area contributed by atoms with Crippen LogP contribution in [-0.2, 0) is 45.4 Å². The van der Waals surface area contributed by atoms with Crippen molar-refractivity contribution in [2.24, 2.45) is 0 Å². The van der Waals surface area contributed by atoms with Gasteiger partial charge in [0.05, 0.1) is 0 Å². The van der Waals surface area contributed by atoms with Crippen molar-refractivity contribution < 1.29 is 65.8 Å². The molecule has 29 heavy (non-hydrogen) atoms. The van der Waals surface area contributed by atoms with E-state index in [-0.39, 0.29) is 26.2 Å². The Morgan fingerprint density at radius 2 is 0.586 bits per heavy atom. The molecule has 0 fully saturated rings. The van der Waals surface area contributed by atoms with Gasteiger partial charge in [-0.05, 0) is 25.7 Å². The summed E-state index contributed by atoms with van der Waals surface area (Å²) in [5.74, 6) is -2.77. The van der Waals surface area contributed by atoms with E-state index in [1.165, 1.54) is 0 Å². The molecule has 0 radical (unpaired) electrons. The molecule has 0 unspecified atom stereocenters. The van der Waals surface area contributed by atoms with Gasteiger partial charge in [-0.1, -0.05) is 53.4 Å². The second kappa shape index (κ2) is 34.3. The summed E-state index contributed by atoms with van der Waals surface area (Å²) in [7, 11) is 0. The second-order valence-corrected chi connectivity index (χ2v) is 5.99. The van der Waals surface area contributed by atoms with Crippen LogP contribution in [0.15, 0.2) is 0 Å². The smallest absolute Gasteiger partial charge is 0.303 e. The van der Waals surface area contributed by atoms with Crippen LogP contribution in [-0.4, -0.2) is 44.3 Å². The van der Waals surface area contributed by atoms with Crippen molar-refractivity contribution in [3.05, 3.63) is 0 Å². The standard InChI is InChI=1S/4C5H10O2.Zr/c4*1-2-3-4-5(6)7;/h4*2-4H2,1H3,(H,6,7);. The minimum absolute atomic E-state index is 0. The van der Waals surface area contributed by atoms with Crippen LogP contribution in [0.5, 0.6) is 0 Å². The second-order valence-electron chi connectivity index (χ2n) is 5.99. The van der Waals surface area contributed by atoms with E-state index in [4.69, 9.17) is 20.4 Å². The number of unbranched alkanes of at least 4 members (excludes halogenated alkanes) is 4. The number of hydrogen-bond donors (Lipinski definition) is 4. The van der Waals surface area contributed by atoms with Gasteiger partial charge in [0.2, 0.25) is 0 Å². The zero-order chi connectivity index (χ0) is 22.8. The molecule has 0 heterocycles. The van der Waals surface area contributed by atoms with Crippen LogP contribution in [0.2, 0.25) is 0 Å². The molecule has 0 aromatic heterocycles. The van der Waals surface area contributed by atoms with Gasteiger partial charge in [0.25, 0.3) is 0 Å². The van der Waals surface area contributed by atoms with Gasteiger partial charge in [-0.25, -0.2) is 0 Å². The summed E-state index contributed by atoms with van der Waals surface area (Å²) < 4.78 is 0. The minimum Gasteiger partial charge on any atom is -0.481 e. The van der Waals surface area contributed by atoms with Crippen LogP contribution >= 0.6 is 0 Å². The summed E-state index contributed by atoms with van der Waals surface area (Å²) in [5, 5.41) is 32.2. The molecular formula is C20H40O8Zr. The molecule has 0 aromatic carbocycles. The largest absolute Gasteiger partial charge is 0.481 e. The van der Waals surface area contributed by atoms with E-state index in [1.54, 1.807) is 0 Å². The third-order valence-electron chi connectivity index (χ3n) is 2.98. The van der Waals surface area contributed by atoms with E-state index in [9.17, 15) is 19.2 Å². The third-order valence-corrected chi connectivity index (χ3v) is 2.98. The number of rotatable bonds is 12. The summed E-state index contributed by atoms with van der Waals surface area (Å²) in [4.78, 5) is 39.0. The van der Waals surface area contributed by atoms with Crippen LogP contribution in [0.4, 0.5) is 0 Å². The van der Waals surface area contributed by atoms with Gasteiger partial charge in [0.15, 0.2) is 0 Å². The normalized spacial score (nSPS) is 8.41. The van der Waals surface area contributed by atoms with E-state index >= 15 is 0 Å². The van der Waals surface area contributed by atoms with E-state index in [1.807, 2.05) is 27.7 Å². The molecule has 0 aliphatic heterocycles. The van der Waals surface area contributed by atoms with Gasteiger partial charge < -0.3 is 20.4 Å². The van der Waals surface area contributed by atoms with Crippen molar-refractivity contribution >= 4 is 23.9 Å². The maximum Gasteiger partial charge on any atom is 0.303 e. The quantitative estimate of drug-likeness (QED) is 0.292. The summed E-state index contributed by atoms with van der Waals surface area (Å²) in [6.07, 6.45) is 8.33. The first kappa shape index (κ1) is 38.4. The first-order valence-corrected chi connectivity index (χ1v) is 9.95. The molecule has 0 bridgehead atoms. The Morgan fingerprint density at radius 3 is 0.621 bits per heavy atom. The molecule has 0 rings (SSSR count). The Morgan fingerprint density at radius 1 is 0.448 bits per heavy atom. The van der Waals surface area contributed by atoms with E-state index in [0.717, 1.165) is 51.4 Å². The fraction of sp³-hybridized carbons (Fsp3) is 0.800. The third kappa shape index (κ3) is 75.3. The van der Waals surface area contributed by atoms with Crippen molar-refractivity contribution in [1.82, 2.24) is 0 Å². The van der Waals surface area contributed by atoms with Gasteiger partial charge in [0.1, 0.15) is 0 Å². The summed E-state index contributed by atoms with van der Waals surface area (Å²) in [6.45, 7) is 7.90. The fourth-order valence-corrected chi connectivity index (χ4v) is 1.31. The Hall–Kier alpha value is -1.24. The predicted molar refractivity (Wildman–Crippen MR) is 109 cm³/mol. The van der Waals surface area contributed by atoms with Crippen molar-refractivity contribution in [2.75, 3.05) is 0 Å². The molecule has 0 saturated heterocycles. The van der Waals surface area contributed by atoms with Gasteiger partial charge in [-0.2, -0.15) is 0 Å². The Kier molecular flexibility index (Phi) is 45.4. The summed E-state index contributed by atoms with van der Waals surface area (Å²) >= 11 is 0. The Labute approximate surface area is 194 Å². The molecule has 0 amide bonds. The molecule has 9 heteroatoms. The van der Waals surface area contributed by atoms with Crippen LogP contribution in [0.25, 0.3) is 0 Å². The van der Waals surface area contributed by atoms with Gasteiger partial charge in [0, 0.05) is 51.9 Å². The number of aliphatic carboxylic acids is 4. The van der Waals surface area contributed by atoms with E-state index in [0.29, 0.717) is 25.7 Å². The Balaban J connectivity index is -0.0000000873. The van der Waals surface area contributed by atoms with Crippen molar-refractivity contribution in [3.63, 3.8) is 0 Å². The number of carboxylic acid groups (broad SMARTS) is 4. The van der Waals surface area contributed by atoms with Crippen molar-refractivity contribution in [3.8, 4) is 0 Å². The maximum absolute atomic E-state index is 9.76. The molecule has 4 N–H and O–H groups in total. The summed E-state index contributed by atoms with van der Waals surface area (Å²) in [5.41, 5.74) is 0. The van der Waals surface area contributed by atoms with Crippen molar-refractivity contribution in [1.29, 1.82) is 0 Å². The predicted octanol–water partition coefficient (Wildman–Crippen LogP) is 5.04. The molecule has 172 valence electrons. The van der Waals surface area contributed by atoms with Crippen LogP contribution in [0, 0.1) is 0 Å². The van der Waals surface area contributed by atoms with Gasteiger partial charge in [-0.3, -0.25) is 19.2 Å². The van der Waals surface area contributed by atoms with Crippen LogP contribution in [0.3, 0.4) is 0 Å². The molecule has 8 nitrogen and oxygen atoms in total. The van der Waals surface area contributed by atoms with E-state index < -0.39 is 23.9 Å². The number of hydrogen-bond acceptors (Lipinski definition) is 4. The summed E-state index contributed by atoms with van der Waals surface area (Å²) in [6, 6.07) is 0. The molecule has 0 aliphatic rings. The average molecular weight is 500 g/mol. The average Bonchev–Trinajstić information content (AvgIpc) is 2.62. The molecule has 0 atom stereocenters. The number of carbonyl (C=O) groups is 4. The van der Waals surface area contributed by atoms with Crippen LogP contribution in [0.1, 0.15) is 105 Å². The van der Waals surface area contributed by atoms with Gasteiger partial charge >= 0.3 is 23.9 Å². The molecular weight excluding hydrogens is 459 g/mol. The SMILES string of the molecule is CCCCC(=O)O.CCCCC(=O)O.CCCCC(=O)O.CCCCC(=O)O.[Zr]. The fourth-order valence-electron chi connectivity index (χ4n) is 1.31. The van der Waals surface area contributed by atoms with E-state index in [2.05, 4.69) is 0 Å².